The fourth-order valence-corrected chi connectivity index (χ4v) is 5.24. The van der Waals surface area contributed by atoms with E-state index in [0.717, 1.165) is 16.9 Å². The molecule has 1 aliphatic rings. The van der Waals surface area contributed by atoms with Gasteiger partial charge in [0.2, 0.25) is 15.8 Å². The lowest BCUT2D eigenvalue weighted by atomic mass is 10.0. The molecular formula is C23H30N2O7S. The second-order valence-corrected chi connectivity index (χ2v) is 9.65. The molecule has 3 rings (SSSR count). The molecule has 33 heavy (non-hydrogen) atoms. The van der Waals surface area contributed by atoms with Crippen molar-refractivity contribution >= 4 is 15.9 Å². The lowest BCUT2D eigenvalue weighted by molar-refractivity contribution is 0.0952. The fraction of sp³-hybridized carbons (Fsp3) is 0.435. The van der Waals surface area contributed by atoms with Crippen molar-refractivity contribution in [2.24, 2.45) is 0 Å². The number of benzene rings is 2. The van der Waals surface area contributed by atoms with Gasteiger partial charge < -0.3 is 24.3 Å². The van der Waals surface area contributed by atoms with Gasteiger partial charge in [0.05, 0.1) is 34.2 Å². The molecule has 0 aliphatic carbocycles. The number of ether oxygens (including phenoxy) is 4. The predicted octanol–water partition coefficient (Wildman–Crippen LogP) is 2.23. The minimum Gasteiger partial charge on any atom is -0.497 e. The maximum Gasteiger partial charge on any atom is 0.251 e. The maximum absolute atomic E-state index is 12.8. The van der Waals surface area contributed by atoms with Crippen LogP contribution in [0.15, 0.2) is 30.3 Å². The van der Waals surface area contributed by atoms with E-state index in [1.807, 2.05) is 18.2 Å². The molecule has 0 fully saturated rings. The van der Waals surface area contributed by atoms with Crippen LogP contribution < -0.4 is 24.3 Å². The number of carbonyl (C=O) groups is 1. The zero-order chi connectivity index (χ0) is 24.0. The Bertz CT molecular complexity index is 1080. The van der Waals surface area contributed by atoms with E-state index in [2.05, 4.69) is 5.32 Å². The monoisotopic (exact) mass is 478 g/mol. The van der Waals surface area contributed by atoms with Crippen LogP contribution in [0.4, 0.5) is 0 Å². The van der Waals surface area contributed by atoms with Gasteiger partial charge >= 0.3 is 0 Å². The molecule has 0 radical (unpaired) electrons. The van der Waals surface area contributed by atoms with Crippen LogP contribution in [-0.4, -0.2) is 65.9 Å². The number of rotatable bonds is 10. The highest BCUT2D eigenvalue weighted by Gasteiger charge is 2.26. The summed E-state index contributed by atoms with van der Waals surface area (Å²) in [4.78, 5) is 12.6. The predicted molar refractivity (Wildman–Crippen MR) is 124 cm³/mol. The summed E-state index contributed by atoms with van der Waals surface area (Å²) < 4.78 is 48.2. The zero-order valence-corrected chi connectivity index (χ0v) is 20.2. The van der Waals surface area contributed by atoms with Gasteiger partial charge in [0.25, 0.3) is 5.91 Å². The smallest absolute Gasteiger partial charge is 0.251 e. The maximum atomic E-state index is 12.8. The summed E-state index contributed by atoms with van der Waals surface area (Å²) in [6, 6.07) is 8.81. The van der Waals surface area contributed by atoms with Crippen molar-refractivity contribution < 1.29 is 32.2 Å². The average molecular weight is 479 g/mol. The first-order valence-electron chi connectivity index (χ1n) is 10.5. The molecule has 0 spiro atoms. The van der Waals surface area contributed by atoms with E-state index < -0.39 is 10.0 Å². The summed E-state index contributed by atoms with van der Waals surface area (Å²) >= 11 is 0. The van der Waals surface area contributed by atoms with E-state index in [1.165, 1.54) is 25.6 Å². The second-order valence-electron chi connectivity index (χ2n) is 7.56. The quantitative estimate of drug-likeness (QED) is 0.522. The number of hydrogen-bond donors (Lipinski definition) is 1. The van der Waals surface area contributed by atoms with E-state index in [0.29, 0.717) is 48.7 Å². The Morgan fingerprint density at radius 2 is 1.67 bits per heavy atom. The van der Waals surface area contributed by atoms with E-state index >= 15 is 0 Å². The van der Waals surface area contributed by atoms with Crippen molar-refractivity contribution in [3.8, 4) is 23.0 Å². The molecule has 2 aromatic carbocycles. The first-order valence-corrected chi connectivity index (χ1v) is 12.2. The van der Waals surface area contributed by atoms with E-state index in [9.17, 15) is 13.2 Å². The highest BCUT2D eigenvalue weighted by atomic mass is 32.2. The Balaban J connectivity index is 1.55. The molecule has 0 bridgehead atoms. The van der Waals surface area contributed by atoms with Crippen molar-refractivity contribution in [3.05, 3.63) is 47.0 Å². The Kier molecular flexibility index (Phi) is 8.04. The topological polar surface area (TPSA) is 103 Å². The summed E-state index contributed by atoms with van der Waals surface area (Å²) in [5.41, 5.74) is 2.43. The number of nitrogens with zero attached hydrogens (tertiary/aromatic N) is 1. The number of amides is 1. The second kappa shape index (κ2) is 10.8. The molecule has 0 saturated carbocycles. The number of carbonyl (C=O) groups excluding carboxylic acids is 1. The van der Waals surface area contributed by atoms with Crippen LogP contribution in [0.1, 0.15) is 27.9 Å². The van der Waals surface area contributed by atoms with Crippen molar-refractivity contribution in [3.63, 3.8) is 0 Å². The van der Waals surface area contributed by atoms with Gasteiger partial charge in [-0.2, -0.15) is 4.31 Å². The molecule has 0 saturated heterocycles. The van der Waals surface area contributed by atoms with Crippen LogP contribution >= 0.6 is 0 Å². The third-order valence-electron chi connectivity index (χ3n) is 5.58. The van der Waals surface area contributed by atoms with Gasteiger partial charge in [-0.05, 0) is 48.2 Å². The molecule has 1 N–H and O–H groups in total. The van der Waals surface area contributed by atoms with Crippen LogP contribution in [-0.2, 0) is 23.0 Å². The third-order valence-corrected chi connectivity index (χ3v) is 7.48. The summed E-state index contributed by atoms with van der Waals surface area (Å²) in [7, 11) is 2.60. The van der Waals surface area contributed by atoms with Crippen LogP contribution in [0.5, 0.6) is 23.0 Å². The molecule has 0 unspecified atom stereocenters. The Morgan fingerprint density at radius 1 is 0.970 bits per heavy atom. The Morgan fingerprint density at radius 3 is 2.27 bits per heavy atom. The van der Waals surface area contributed by atoms with E-state index in [-0.39, 0.29) is 18.2 Å². The molecule has 1 amide bonds. The largest absolute Gasteiger partial charge is 0.497 e. The van der Waals surface area contributed by atoms with Gasteiger partial charge in [-0.15, -0.1) is 0 Å². The lowest BCUT2D eigenvalue weighted by Crippen LogP contribution is -2.38. The molecule has 10 heteroatoms. The van der Waals surface area contributed by atoms with Gasteiger partial charge in [0, 0.05) is 25.2 Å². The molecule has 0 aromatic heterocycles. The Hall–Kier alpha value is -2.98. The average Bonchev–Trinajstić information content (AvgIpc) is 2.84. The number of nitrogens with one attached hydrogen (secondary N) is 1. The van der Waals surface area contributed by atoms with Crippen molar-refractivity contribution in [2.45, 2.75) is 19.4 Å². The number of methoxy groups -OCH3 is 4. The SMILES string of the molecule is COc1ccc2c(c1)CCN(S(=O)(=O)CCCNC(=O)c1cc(OC)c(OC)c(OC)c1)C2. The van der Waals surface area contributed by atoms with Gasteiger partial charge in [-0.1, -0.05) is 6.07 Å². The summed E-state index contributed by atoms with van der Waals surface area (Å²) in [6.07, 6.45) is 0.939. The summed E-state index contributed by atoms with van der Waals surface area (Å²) in [5.74, 6) is 1.50. The number of sulfonamides is 1. The van der Waals surface area contributed by atoms with E-state index in [4.69, 9.17) is 18.9 Å². The normalized spacial score (nSPS) is 13.7. The van der Waals surface area contributed by atoms with Crippen molar-refractivity contribution in [1.29, 1.82) is 0 Å². The van der Waals surface area contributed by atoms with Crippen LogP contribution in [0.25, 0.3) is 0 Å². The highest BCUT2D eigenvalue weighted by Crippen LogP contribution is 2.38. The summed E-state index contributed by atoms with van der Waals surface area (Å²) in [6.45, 7) is 0.996. The van der Waals surface area contributed by atoms with Crippen molar-refractivity contribution in [1.82, 2.24) is 9.62 Å². The van der Waals surface area contributed by atoms with Gasteiger partial charge in [-0.3, -0.25) is 4.79 Å². The lowest BCUT2D eigenvalue weighted by Gasteiger charge is -2.28. The van der Waals surface area contributed by atoms with Crippen molar-refractivity contribution in [2.75, 3.05) is 47.3 Å². The van der Waals surface area contributed by atoms with Gasteiger partial charge in [0.1, 0.15) is 5.75 Å². The number of hydrogen-bond acceptors (Lipinski definition) is 7. The molecule has 1 aliphatic heterocycles. The van der Waals surface area contributed by atoms with Crippen LogP contribution in [0.2, 0.25) is 0 Å². The molecule has 1 heterocycles. The molecular weight excluding hydrogens is 448 g/mol. The molecule has 2 aromatic rings. The van der Waals surface area contributed by atoms with E-state index in [1.54, 1.807) is 19.2 Å². The summed E-state index contributed by atoms with van der Waals surface area (Å²) in [5, 5.41) is 2.76. The third kappa shape index (κ3) is 5.69. The number of fused-ring (bicyclic) bond motifs is 1. The first-order chi connectivity index (χ1) is 15.8. The Labute approximate surface area is 194 Å². The van der Waals surface area contributed by atoms with Gasteiger partial charge in [-0.25, -0.2) is 8.42 Å². The van der Waals surface area contributed by atoms with Gasteiger partial charge in [0.15, 0.2) is 11.5 Å². The molecule has 180 valence electrons. The van der Waals surface area contributed by atoms with Crippen LogP contribution in [0.3, 0.4) is 0 Å². The minimum absolute atomic E-state index is 0.0476. The fourth-order valence-electron chi connectivity index (χ4n) is 3.77. The molecule has 9 nitrogen and oxygen atoms in total. The first kappa shape index (κ1) is 24.7. The standard InChI is InChI=1S/C23H30N2O7S/c1-29-19-7-6-17-15-25(10-8-16(17)12-19)33(27,28)11-5-9-24-23(26)18-13-20(30-2)22(32-4)21(14-18)31-3/h6-7,12-14H,5,8-11,15H2,1-4H3,(H,24,26). The zero-order valence-electron chi connectivity index (χ0n) is 19.3. The minimum atomic E-state index is -3.44. The van der Waals surface area contributed by atoms with Crippen LogP contribution in [0, 0.1) is 0 Å². The highest BCUT2D eigenvalue weighted by molar-refractivity contribution is 7.89. The molecule has 0 atom stereocenters.